The first kappa shape index (κ1) is 12.6. The van der Waals surface area contributed by atoms with Gasteiger partial charge in [0.25, 0.3) is 0 Å². The summed E-state index contributed by atoms with van der Waals surface area (Å²) in [5.74, 6) is 0. The summed E-state index contributed by atoms with van der Waals surface area (Å²) in [6.45, 7) is 0. The van der Waals surface area contributed by atoms with E-state index in [0.29, 0.717) is 21.9 Å². The van der Waals surface area contributed by atoms with Crippen LogP contribution in [0, 0.1) is 0 Å². The Bertz CT molecular complexity index is 3070. The molecule has 0 N–H and O–H groups in total. The SMILES string of the molecule is [2H]c1c([2H])c([2H])c(-c2c([2H])c([2H])c([2H])c([2H])c2-c2c3c([2H])c([2H])c([2H])c([2H])c3c(-c3cc(-c4ccccc4)cc4ccccc34)c3c([2H])c([2H])c([2H])c([2H])c23)c([2H])c1[2H]. The lowest BCUT2D eigenvalue weighted by atomic mass is 9.82. The van der Waals surface area contributed by atoms with Gasteiger partial charge in [-0.1, -0.05) is 157 Å². The maximum atomic E-state index is 9.47. The van der Waals surface area contributed by atoms with Crippen molar-refractivity contribution in [2.24, 2.45) is 0 Å². The topological polar surface area (TPSA) is 0 Å². The minimum absolute atomic E-state index is 0.00285. The standard InChI is InChI=1S/C42H28/c1-3-15-29(16-4-1)32-27-31-19-7-8-21-34(31)40(28-32)42-38-25-13-11-23-36(38)41(37-24-12-14-26-39(37)42)35-22-10-9-20-33(35)30-17-5-2-6-18-30/h1-28H/i2D,5D,6D,9D,10D,11D,12D,13D,14D,17D,18D,20D,22D,23D,24D,25D,26D. The van der Waals surface area contributed by atoms with Crippen LogP contribution in [0.25, 0.3) is 76.8 Å². The van der Waals surface area contributed by atoms with Crippen molar-refractivity contribution in [1.29, 1.82) is 0 Å². The van der Waals surface area contributed by atoms with Crippen molar-refractivity contribution in [2.75, 3.05) is 0 Å². The van der Waals surface area contributed by atoms with Crippen molar-refractivity contribution in [1.82, 2.24) is 0 Å². The third kappa shape index (κ3) is 4.00. The minimum atomic E-state index is -0.854. The van der Waals surface area contributed by atoms with Crippen LogP contribution in [0.2, 0.25) is 0 Å². The molecule has 0 heteroatoms. The van der Waals surface area contributed by atoms with Crippen LogP contribution in [0.4, 0.5) is 0 Å². The van der Waals surface area contributed by atoms with E-state index in [9.17, 15) is 6.85 Å². The fraction of sp³-hybridized carbons (Fsp3) is 0. The van der Waals surface area contributed by atoms with Crippen LogP contribution in [0.15, 0.2) is 169 Å². The third-order valence-electron chi connectivity index (χ3n) is 7.30. The molecular formula is C42H28. The van der Waals surface area contributed by atoms with Crippen LogP contribution in [-0.2, 0) is 0 Å². The van der Waals surface area contributed by atoms with Gasteiger partial charge in [0.1, 0.15) is 0 Å². The van der Waals surface area contributed by atoms with E-state index in [-0.39, 0.29) is 27.1 Å². The van der Waals surface area contributed by atoms with Crippen LogP contribution in [0.5, 0.6) is 0 Å². The second kappa shape index (κ2) is 10.2. The van der Waals surface area contributed by atoms with Crippen molar-refractivity contribution >= 4 is 32.3 Å². The lowest BCUT2D eigenvalue weighted by Crippen LogP contribution is -1.93. The quantitative estimate of drug-likeness (QED) is 0.192. The highest BCUT2D eigenvalue weighted by atomic mass is 14.2. The molecule has 0 heterocycles. The summed E-state index contributed by atoms with van der Waals surface area (Å²) in [6.07, 6.45) is 0. The molecule has 8 aromatic rings. The van der Waals surface area contributed by atoms with Gasteiger partial charge in [-0.05, 0) is 89.0 Å². The predicted octanol–water partition coefficient (Wildman–Crippen LogP) is 11.8. The van der Waals surface area contributed by atoms with Gasteiger partial charge in [0.05, 0.1) is 23.3 Å². The maximum absolute atomic E-state index is 9.47. The molecular weight excluding hydrogens is 504 g/mol. The predicted molar refractivity (Wildman–Crippen MR) is 181 cm³/mol. The van der Waals surface area contributed by atoms with Crippen molar-refractivity contribution in [3.05, 3.63) is 169 Å². The normalized spacial score (nSPS) is 17.0. The highest BCUT2D eigenvalue weighted by Crippen LogP contribution is 2.47. The molecule has 0 atom stereocenters. The molecule has 8 rings (SSSR count). The highest BCUT2D eigenvalue weighted by molar-refractivity contribution is 6.24. The second-order valence-corrected chi connectivity index (χ2v) is 9.61. The average molecular weight is 550 g/mol. The fourth-order valence-electron chi connectivity index (χ4n) is 5.52. The first-order valence-electron chi connectivity index (χ1n) is 21.6. The van der Waals surface area contributed by atoms with Crippen molar-refractivity contribution < 1.29 is 23.3 Å². The zero-order valence-corrected chi connectivity index (χ0v) is 21.9. The lowest BCUT2D eigenvalue weighted by Gasteiger charge is -2.21. The van der Waals surface area contributed by atoms with Crippen molar-refractivity contribution in [3.63, 3.8) is 0 Å². The van der Waals surface area contributed by atoms with Gasteiger partial charge in [0, 0.05) is 0 Å². The lowest BCUT2D eigenvalue weighted by molar-refractivity contribution is 1.60. The Morgan fingerprint density at radius 1 is 0.333 bits per heavy atom. The molecule has 0 nitrogen and oxygen atoms in total. The first-order valence-corrected chi connectivity index (χ1v) is 13.1. The van der Waals surface area contributed by atoms with E-state index >= 15 is 0 Å². The molecule has 0 aliphatic rings. The van der Waals surface area contributed by atoms with Gasteiger partial charge in [0.2, 0.25) is 0 Å². The largest absolute Gasteiger partial charge is 0.0629 e. The van der Waals surface area contributed by atoms with E-state index in [2.05, 4.69) is 0 Å². The van der Waals surface area contributed by atoms with Crippen molar-refractivity contribution in [2.45, 2.75) is 0 Å². The summed E-state index contributed by atoms with van der Waals surface area (Å²) in [6, 6.07) is 7.04. The molecule has 0 aliphatic heterocycles. The van der Waals surface area contributed by atoms with Gasteiger partial charge in [0.15, 0.2) is 0 Å². The third-order valence-corrected chi connectivity index (χ3v) is 7.30. The van der Waals surface area contributed by atoms with Crippen LogP contribution in [0.3, 0.4) is 0 Å². The monoisotopic (exact) mass is 549 g/mol. The van der Waals surface area contributed by atoms with Gasteiger partial charge < -0.3 is 0 Å². The highest BCUT2D eigenvalue weighted by Gasteiger charge is 2.20. The Kier molecular flexibility index (Phi) is 3.05. The molecule has 0 aromatic heterocycles. The van der Waals surface area contributed by atoms with E-state index in [4.69, 9.17) is 16.4 Å². The molecule has 0 fully saturated rings. The fourth-order valence-corrected chi connectivity index (χ4v) is 5.52. The van der Waals surface area contributed by atoms with Gasteiger partial charge in [-0.3, -0.25) is 0 Å². The molecule has 0 bridgehead atoms. The summed E-state index contributed by atoms with van der Waals surface area (Å²) in [7, 11) is 0. The second-order valence-electron chi connectivity index (χ2n) is 9.61. The Balaban J connectivity index is 1.75. The zero-order chi connectivity index (χ0) is 42.7. The number of hydrogen-bond acceptors (Lipinski definition) is 0. The summed E-state index contributed by atoms with van der Waals surface area (Å²) >= 11 is 0. The van der Waals surface area contributed by atoms with Gasteiger partial charge in [-0.15, -0.1) is 0 Å². The molecule has 0 amide bonds. The number of rotatable bonds is 4. The molecule has 0 unspecified atom stereocenters. The van der Waals surface area contributed by atoms with Gasteiger partial charge in [-0.2, -0.15) is 0 Å². The number of hydrogen-bond donors (Lipinski definition) is 0. The number of fused-ring (bicyclic) bond motifs is 3. The summed E-state index contributed by atoms with van der Waals surface area (Å²) in [4.78, 5) is 0. The molecule has 0 saturated heterocycles. The molecule has 196 valence electrons. The molecule has 42 heavy (non-hydrogen) atoms. The summed E-state index contributed by atoms with van der Waals surface area (Å²) in [5, 5.41) is 0.0183. The summed E-state index contributed by atoms with van der Waals surface area (Å²) in [5.41, 5.74) is -0.546. The van der Waals surface area contributed by atoms with E-state index < -0.39 is 125 Å². The molecule has 0 spiro atoms. The molecule has 8 aromatic carbocycles. The van der Waals surface area contributed by atoms with E-state index in [1.807, 2.05) is 48.5 Å². The molecule has 0 radical (unpaired) electrons. The van der Waals surface area contributed by atoms with Crippen LogP contribution < -0.4 is 0 Å². The zero-order valence-electron chi connectivity index (χ0n) is 38.9. The van der Waals surface area contributed by atoms with E-state index in [0.717, 1.165) is 5.56 Å². The van der Waals surface area contributed by atoms with Gasteiger partial charge >= 0.3 is 0 Å². The Morgan fingerprint density at radius 3 is 1.52 bits per heavy atom. The minimum Gasteiger partial charge on any atom is -0.0622 e. The maximum Gasteiger partial charge on any atom is 0.0629 e. The van der Waals surface area contributed by atoms with Gasteiger partial charge in [-0.25, -0.2) is 0 Å². The average Bonchev–Trinajstić information content (AvgIpc) is 3.24. The number of benzene rings is 8. The molecule has 0 saturated carbocycles. The molecule has 0 aliphatic carbocycles. The van der Waals surface area contributed by atoms with Crippen LogP contribution in [-0.4, -0.2) is 0 Å². The van der Waals surface area contributed by atoms with Crippen LogP contribution >= 0.6 is 0 Å². The summed E-state index contributed by atoms with van der Waals surface area (Å²) < 4.78 is 152. The van der Waals surface area contributed by atoms with Crippen LogP contribution in [0.1, 0.15) is 23.3 Å². The van der Waals surface area contributed by atoms with E-state index in [1.165, 1.54) is 0 Å². The smallest absolute Gasteiger partial charge is 0.0622 e. The van der Waals surface area contributed by atoms with E-state index in [1.54, 1.807) is 18.2 Å². The Hall–Kier alpha value is -5.46. The Morgan fingerprint density at radius 2 is 0.857 bits per heavy atom. The Labute approximate surface area is 270 Å². The first-order chi connectivity index (χ1) is 27.9. The van der Waals surface area contributed by atoms with Crippen molar-refractivity contribution in [3.8, 4) is 44.5 Å².